The first kappa shape index (κ1) is 9.18. The number of aliphatic hydroxyl groups excluding tert-OH is 1. The summed E-state index contributed by atoms with van der Waals surface area (Å²) in [4.78, 5) is 0. The lowest BCUT2D eigenvalue weighted by atomic mass is 10.1. The van der Waals surface area contributed by atoms with Gasteiger partial charge in [-0.2, -0.15) is 0 Å². The molecule has 0 rings (SSSR count). The van der Waals surface area contributed by atoms with E-state index in [1.807, 2.05) is 12.2 Å². The average molecular weight is 138 g/mol. The van der Waals surface area contributed by atoms with Gasteiger partial charge in [0.1, 0.15) is 0 Å². The minimum Gasteiger partial charge on any atom is -0.396 e. The fourth-order valence-electron chi connectivity index (χ4n) is 0.595. The van der Waals surface area contributed by atoms with Gasteiger partial charge in [0.25, 0.3) is 0 Å². The summed E-state index contributed by atoms with van der Waals surface area (Å²) in [5, 5.41) is 8.69. The molecule has 0 aliphatic carbocycles. The SMILES string of the molecule is C=CC=CCC(C=C)CO. The van der Waals surface area contributed by atoms with Gasteiger partial charge in [-0.3, -0.25) is 0 Å². The molecule has 10 heavy (non-hydrogen) atoms. The lowest BCUT2D eigenvalue weighted by Gasteiger charge is -2.02. The van der Waals surface area contributed by atoms with Gasteiger partial charge in [0.2, 0.25) is 0 Å². The van der Waals surface area contributed by atoms with Crippen LogP contribution in [0.3, 0.4) is 0 Å². The third kappa shape index (κ3) is 4.10. The third-order valence-electron chi connectivity index (χ3n) is 1.28. The lowest BCUT2D eigenvalue weighted by molar-refractivity contribution is 0.254. The van der Waals surface area contributed by atoms with Crippen LogP contribution in [0.1, 0.15) is 6.42 Å². The highest BCUT2D eigenvalue weighted by molar-refractivity contribution is 4.99. The summed E-state index contributed by atoms with van der Waals surface area (Å²) in [6, 6.07) is 0. The van der Waals surface area contributed by atoms with Crippen LogP contribution in [0.2, 0.25) is 0 Å². The molecule has 0 aromatic carbocycles. The summed E-state index contributed by atoms with van der Waals surface area (Å²) in [6.45, 7) is 7.30. The first-order valence-electron chi connectivity index (χ1n) is 3.36. The van der Waals surface area contributed by atoms with Crippen molar-refractivity contribution >= 4 is 0 Å². The maximum atomic E-state index is 8.69. The van der Waals surface area contributed by atoms with E-state index in [0.29, 0.717) is 0 Å². The van der Waals surface area contributed by atoms with Gasteiger partial charge in [-0.15, -0.1) is 6.58 Å². The first-order valence-corrected chi connectivity index (χ1v) is 3.36. The van der Waals surface area contributed by atoms with E-state index >= 15 is 0 Å². The zero-order chi connectivity index (χ0) is 7.82. The molecular weight excluding hydrogens is 124 g/mol. The molecule has 0 radical (unpaired) electrons. The van der Waals surface area contributed by atoms with E-state index in [1.165, 1.54) is 0 Å². The molecule has 0 aliphatic heterocycles. The monoisotopic (exact) mass is 138 g/mol. The molecule has 1 heteroatoms. The van der Waals surface area contributed by atoms with E-state index in [0.717, 1.165) is 6.42 Å². The van der Waals surface area contributed by atoms with E-state index in [9.17, 15) is 0 Å². The Bertz CT molecular complexity index is 125. The number of hydrogen-bond donors (Lipinski definition) is 1. The standard InChI is InChI=1S/C9H14O/c1-3-5-6-7-9(4-2)8-10/h3-6,9-10H,1-2,7-8H2. The number of allylic oxidation sites excluding steroid dienone is 3. The van der Waals surface area contributed by atoms with Crippen molar-refractivity contribution in [2.75, 3.05) is 6.61 Å². The Morgan fingerprint density at radius 1 is 1.40 bits per heavy atom. The number of rotatable bonds is 5. The second-order valence-electron chi connectivity index (χ2n) is 2.08. The quantitative estimate of drug-likeness (QED) is 0.454. The van der Waals surface area contributed by atoms with Crippen molar-refractivity contribution in [2.24, 2.45) is 5.92 Å². The topological polar surface area (TPSA) is 20.2 Å². The Hall–Kier alpha value is -0.820. The van der Waals surface area contributed by atoms with E-state index in [4.69, 9.17) is 5.11 Å². The predicted molar refractivity (Wildman–Crippen MR) is 44.7 cm³/mol. The van der Waals surface area contributed by atoms with Crippen molar-refractivity contribution in [3.63, 3.8) is 0 Å². The smallest absolute Gasteiger partial charge is 0.0496 e. The van der Waals surface area contributed by atoms with Crippen LogP contribution in [0.25, 0.3) is 0 Å². The van der Waals surface area contributed by atoms with Crippen LogP contribution in [-0.4, -0.2) is 11.7 Å². The fourth-order valence-corrected chi connectivity index (χ4v) is 0.595. The third-order valence-corrected chi connectivity index (χ3v) is 1.28. The van der Waals surface area contributed by atoms with Crippen LogP contribution >= 0.6 is 0 Å². The second-order valence-corrected chi connectivity index (χ2v) is 2.08. The molecular formula is C9H14O. The molecule has 0 aliphatic rings. The van der Waals surface area contributed by atoms with Crippen molar-refractivity contribution < 1.29 is 5.11 Å². The van der Waals surface area contributed by atoms with Crippen LogP contribution in [0.15, 0.2) is 37.5 Å². The Morgan fingerprint density at radius 2 is 2.10 bits per heavy atom. The molecule has 0 saturated carbocycles. The molecule has 56 valence electrons. The highest BCUT2D eigenvalue weighted by atomic mass is 16.3. The van der Waals surface area contributed by atoms with E-state index in [2.05, 4.69) is 13.2 Å². The molecule has 0 amide bonds. The molecule has 0 bridgehead atoms. The predicted octanol–water partition coefficient (Wildman–Crippen LogP) is 1.91. The molecule has 0 aromatic rings. The minimum absolute atomic E-state index is 0.172. The summed E-state index contributed by atoms with van der Waals surface area (Å²) < 4.78 is 0. The highest BCUT2D eigenvalue weighted by Crippen LogP contribution is 2.03. The van der Waals surface area contributed by atoms with Gasteiger partial charge < -0.3 is 5.11 Å². The van der Waals surface area contributed by atoms with Crippen LogP contribution in [0.4, 0.5) is 0 Å². The van der Waals surface area contributed by atoms with Crippen molar-refractivity contribution in [3.05, 3.63) is 37.5 Å². The molecule has 1 atom stereocenters. The van der Waals surface area contributed by atoms with Crippen LogP contribution in [-0.2, 0) is 0 Å². The van der Waals surface area contributed by atoms with Crippen molar-refractivity contribution in [1.29, 1.82) is 0 Å². The summed E-state index contributed by atoms with van der Waals surface area (Å²) in [5.74, 6) is 0.191. The molecule has 0 heterocycles. The Kier molecular flexibility index (Phi) is 5.79. The summed E-state index contributed by atoms with van der Waals surface area (Å²) in [6.07, 6.45) is 8.15. The lowest BCUT2D eigenvalue weighted by Crippen LogP contribution is -1.99. The van der Waals surface area contributed by atoms with Gasteiger partial charge in [0, 0.05) is 12.5 Å². The van der Waals surface area contributed by atoms with Crippen molar-refractivity contribution in [2.45, 2.75) is 6.42 Å². The maximum Gasteiger partial charge on any atom is 0.0496 e. The molecule has 1 unspecified atom stereocenters. The Morgan fingerprint density at radius 3 is 2.50 bits per heavy atom. The molecule has 0 fully saturated rings. The molecule has 1 nitrogen and oxygen atoms in total. The van der Waals surface area contributed by atoms with Gasteiger partial charge in [0.15, 0.2) is 0 Å². The number of aliphatic hydroxyl groups is 1. The fraction of sp³-hybridized carbons (Fsp3) is 0.333. The largest absolute Gasteiger partial charge is 0.396 e. The van der Waals surface area contributed by atoms with Crippen LogP contribution in [0.5, 0.6) is 0 Å². The molecule has 1 N–H and O–H groups in total. The van der Waals surface area contributed by atoms with E-state index in [-0.39, 0.29) is 12.5 Å². The van der Waals surface area contributed by atoms with Gasteiger partial charge in [0.05, 0.1) is 0 Å². The number of hydrogen-bond acceptors (Lipinski definition) is 1. The summed E-state index contributed by atoms with van der Waals surface area (Å²) in [7, 11) is 0. The molecule has 0 spiro atoms. The normalized spacial score (nSPS) is 13.3. The highest BCUT2D eigenvalue weighted by Gasteiger charge is 1.96. The second kappa shape index (κ2) is 6.30. The Labute approximate surface area is 62.4 Å². The van der Waals surface area contributed by atoms with Gasteiger partial charge in [-0.25, -0.2) is 0 Å². The average Bonchev–Trinajstić information content (AvgIpc) is 1.99. The van der Waals surface area contributed by atoms with Gasteiger partial charge >= 0.3 is 0 Å². The Balaban J connectivity index is 3.52. The summed E-state index contributed by atoms with van der Waals surface area (Å²) in [5.41, 5.74) is 0. The zero-order valence-corrected chi connectivity index (χ0v) is 6.16. The summed E-state index contributed by atoms with van der Waals surface area (Å²) >= 11 is 0. The van der Waals surface area contributed by atoms with E-state index in [1.54, 1.807) is 12.2 Å². The van der Waals surface area contributed by atoms with E-state index < -0.39 is 0 Å². The maximum absolute atomic E-state index is 8.69. The van der Waals surface area contributed by atoms with Crippen LogP contribution < -0.4 is 0 Å². The molecule has 0 aromatic heterocycles. The first-order chi connectivity index (χ1) is 4.85. The van der Waals surface area contributed by atoms with Crippen LogP contribution in [0, 0.1) is 5.92 Å². The van der Waals surface area contributed by atoms with Crippen molar-refractivity contribution in [3.8, 4) is 0 Å². The minimum atomic E-state index is 0.172. The molecule has 0 saturated heterocycles. The van der Waals surface area contributed by atoms with Gasteiger partial charge in [-0.1, -0.05) is 30.9 Å². The zero-order valence-electron chi connectivity index (χ0n) is 6.16. The van der Waals surface area contributed by atoms with Crippen molar-refractivity contribution in [1.82, 2.24) is 0 Å². The van der Waals surface area contributed by atoms with Gasteiger partial charge in [-0.05, 0) is 6.42 Å².